The highest BCUT2D eigenvalue weighted by atomic mass is 16.7. The van der Waals surface area contributed by atoms with E-state index in [1.165, 1.54) is 6.07 Å². The van der Waals surface area contributed by atoms with E-state index in [0.717, 1.165) is 0 Å². The maximum absolute atomic E-state index is 12.4. The fraction of sp³-hybridized carbons (Fsp3) is 0.500. The van der Waals surface area contributed by atoms with Crippen LogP contribution in [-0.2, 0) is 15.9 Å². The van der Waals surface area contributed by atoms with Gasteiger partial charge in [0.05, 0.1) is 13.2 Å². The van der Waals surface area contributed by atoms with Crippen molar-refractivity contribution in [1.29, 1.82) is 0 Å². The van der Waals surface area contributed by atoms with Crippen LogP contribution in [0.5, 0.6) is 5.75 Å². The van der Waals surface area contributed by atoms with Gasteiger partial charge in [-0.3, -0.25) is 4.79 Å². The van der Waals surface area contributed by atoms with E-state index in [1.54, 1.807) is 39.0 Å². The van der Waals surface area contributed by atoms with Crippen molar-refractivity contribution >= 4 is 6.16 Å². The summed E-state index contributed by atoms with van der Waals surface area (Å²) in [5.41, 5.74) is -0.326. The van der Waals surface area contributed by atoms with Crippen LogP contribution in [0.3, 0.4) is 0 Å². The number of ether oxygens (including phenoxy) is 3. The summed E-state index contributed by atoms with van der Waals surface area (Å²) in [5.74, 6) is 0.346. The summed E-state index contributed by atoms with van der Waals surface area (Å²) in [7, 11) is 0. The van der Waals surface area contributed by atoms with E-state index in [-0.39, 0.29) is 11.2 Å². The van der Waals surface area contributed by atoms with Crippen LogP contribution in [-0.4, -0.2) is 25.0 Å². The van der Waals surface area contributed by atoms with E-state index in [9.17, 15) is 9.59 Å². The Morgan fingerprint density at radius 2 is 1.95 bits per heavy atom. The summed E-state index contributed by atoms with van der Waals surface area (Å²) in [6, 6.07) is 6.66. The first-order chi connectivity index (χ1) is 9.85. The van der Waals surface area contributed by atoms with E-state index in [0.29, 0.717) is 31.1 Å². The molecule has 0 unspecified atom stereocenters. The van der Waals surface area contributed by atoms with Crippen LogP contribution >= 0.6 is 0 Å². The van der Waals surface area contributed by atoms with Gasteiger partial charge in [0, 0.05) is 11.5 Å². The van der Waals surface area contributed by atoms with Crippen molar-refractivity contribution < 1.29 is 19.0 Å². The first-order valence-electron chi connectivity index (χ1n) is 6.96. The molecule has 0 bridgehead atoms. The highest BCUT2D eigenvalue weighted by Crippen LogP contribution is 2.16. The Morgan fingerprint density at radius 1 is 1.29 bits per heavy atom. The van der Waals surface area contributed by atoms with E-state index < -0.39 is 11.8 Å². The third kappa shape index (κ3) is 4.56. The molecule has 0 aliphatic carbocycles. The first kappa shape index (κ1) is 15.5. The molecule has 1 aromatic carbocycles. The van der Waals surface area contributed by atoms with Gasteiger partial charge in [-0.2, -0.15) is 0 Å². The third-order valence-corrected chi connectivity index (χ3v) is 2.97. The largest absolute Gasteiger partial charge is 0.514 e. The lowest BCUT2D eigenvalue weighted by Gasteiger charge is -2.25. The smallest absolute Gasteiger partial charge is 0.428 e. The molecule has 21 heavy (non-hydrogen) atoms. The predicted octanol–water partition coefficient (Wildman–Crippen LogP) is 2.55. The van der Waals surface area contributed by atoms with Gasteiger partial charge in [0.15, 0.2) is 5.75 Å². The predicted molar refractivity (Wildman–Crippen MR) is 77.6 cm³/mol. The molecule has 0 atom stereocenters. The molecule has 0 saturated carbocycles. The molecule has 114 valence electrons. The van der Waals surface area contributed by atoms with Crippen LogP contribution < -0.4 is 10.2 Å². The number of rotatable bonds is 3. The molecule has 0 aromatic heterocycles. The number of hydrogen-bond acceptors (Lipinski definition) is 5. The van der Waals surface area contributed by atoms with Crippen LogP contribution in [0.1, 0.15) is 26.3 Å². The highest BCUT2D eigenvalue weighted by molar-refractivity contribution is 5.64. The zero-order valence-electron chi connectivity index (χ0n) is 12.5. The molecular weight excluding hydrogens is 272 g/mol. The monoisotopic (exact) mass is 292 g/mol. The van der Waals surface area contributed by atoms with Gasteiger partial charge in [-0.25, -0.2) is 4.79 Å². The maximum atomic E-state index is 12.4. The third-order valence-electron chi connectivity index (χ3n) is 2.97. The van der Waals surface area contributed by atoms with Crippen molar-refractivity contribution in [3.8, 4) is 5.75 Å². The Kier molecular flexibility index (Phi) is 4.63. The first-order valence-corrected chi connectivity index (χ1v) is 6.96. The van der Waals surface area contributed by atoms with E-state index in [4.69, 9.17) is 14.2 Å². The van der Waals surface area contributed by atoms with Gasteiger partial charge >= 0.3 is 6.16 Å². The Balaban J connectivity index is 2.15. The minimum atomic E-state index is -0.872. The lowest BCUT2D eigenvalue weighted by atomic mass is 9.99. The Labute approximate surface area is 123 Å². The van der Waals surface area contributed by atoms with E-state index in [2.05, 4.69) is 0 Å². The topological polar surface area (TPSA) is 61.8 Å². The van der Waals surface area contributed by atoms with Crippen molar-refractivity contribution in [3.63, 3.8) is 0 Å². The average molecular weight is 292 g/mol. The molecule has 0 N–H and O–H groups in total. The second-order valence-electron chi connectivity index (χ2n) is 6.11. The van der Waals surface area contributed by atoms with Gasteiger partial charge in [0.1, 0.15) is 5.60 Å². The second kappa shape index (κ2) is 6.26. The molecule has 0 spiro atoms. The molecule has 5 nitrogen and oxygen atoms in total. The SMILES string of the molecule is CC(C)(C)OC(=O)Oc1ccccc(CC2COC2)c1=O. The van der Waals surface area contributed by atoms with E-state index in [1.807, 2.05) is 0 Å². The van der Waals surface area contributed by atoms with Gasteiger partial charge in [-0.1, -0.05) is 18.2 Å². The standard InChI is InChI=1S/C16H20O5/c1-16(2,3)21-15(18)20-13-7-5-4-6-12(14(13)17)8-11-9-19-10-11/h4-7,11H,8-10H2,1-3H3. The van der Waals surface area contributed by atoms with Gasteiger partial charge in [-0.15, -0.1) is 0 Å². The minimum Gasteiger partial charge on any atom is -0.428 e. The second-order valence-corrected chi connectivity index (χ2v) is 6.11. The van der Waals surface area contributed by atoms with Crippen LogP contribution in [0.2, 0.25) is 0 Å². The number of carbonyl (C=O) groups excluding carboxylic acids is 1. The fourth-order valence-corrected chi connectivity index (χ4v) is 1.94. The minimum absolute atomic E-state index is 0.00973. The van der Waals surface area contributed by atoms with E-state index >= 15 is 0 Å². The molecule has 1 saturated heterocycles. The summed E-state index contributed by atoms with van der Waals surface area (Å²) in [6.07, 6.45) is -0.248. The lowest BCUT2D eigenvalue weighted by molar-refractivity contribution is -0.0313. The summed E-state index contributed by atoms with van der Waals surface area (Å²) in [4.78, 5) is 24.1. The van der Waals surface area contributed by atoms with Gasteiger partial charge in [0.2, 0.25) is 5.43 Å². The van der Waals surface area contributed by atoms with Crippen molar-refractivity contribution in [2.24, 2.45) is 5.92 Å². The zero-order chi connectivity index (χ0) is 15.5. The molecule has 5 heteroatoms. The molecule has 1 aromatic rings. The Bertz CT molecular complexity index is 570. The molecule has 1 aliphatic rings. The highest BCUT2D eigenvalue weighted by Gasteiger charge is 2.22. The van der Waals surface area contributed by atoms with Crippen molar-refractivity contribution in [2.45, 2.75) is 32.8 Å². The van der Waals surface area contributed by atoms with Crippen LogP contribution in [0.25, 0.3) is 0 Å². The number of carbonyl (C=O) groups is 1. The molecular formula is C16H20O5. The van der Waals surface area contributed by atoms with Crippen LogP contribution in [0.15, 0.2) is 29.1 Å². The number of hydrogen-bond donors (Lipinski definition) is 0. The summed E-state index contributed by atoms with van der Waals surface area (Å²) in [5, 5.41) is 0. The Morgan fingerprint density at radius 3 is 2.52 bits per heavy atom. The molecule has 1 heterocycles. The Hall–Kier alpha value is -1.88. The molecule has 0 radical (unpaired) electrons. The fourth-order valence-electron chi connectivity index (χ4n) is 1.94. The maximum Gasteiger partial charge on any atom is 0.514 e. The van der Waals surface area contributed by atoms with Crippen LogP contribution in [0, 0.1) is 5.92 Å². The van der Waals surface area contributed by atoms with Crippen molar-refractivity contribution in [3.05, 3.63) is 40.1 Å². The molecule has 0 amide bonds. The normalized spacial score (nSPS) is 15.2. The van der Waals surface area contributed by atoms with Crippen molar-refractivity contribution in [1.82, 2.24) is 0 Å². The van der Waals surface area contributed by atoms with Crippen molar-refractivity contribution in [2.75, 3.05) is 13.2 Å². The zero-order valence-corrected chi connectivity index (χ0v) is 12.5. The van der Waals surface area contributed by atoms with Crippen LogP contribution in [0.4, 0.5) is 4.79 Å². The summed E-state index contributed by atoms with van der Waals surface area (Å²) in [6.45, 7) is 6.54. The summed E-state index contributed by atoms with van der Waals surface area (Å²) < 4.78 is 15.2. The molecule has 1 aliphatic heterocycles. The van der Waals surface area contributed by atoms with Gasteiger partial charge < -0.3 is 14.2 Å². The average Bonchev–Trinajstić information content (AvgIpc) is 2.46. The summed E-state index contributed by atoms with van der Waals surface area (Å²) >= 11 is 0. The quantitative estimate of drug-likeness (QED) is 0.801. The molecule has 1 fully saturated rings. The lowest BCUT2D eigenvalue weighted by Crippen LogP contribution is -2.31. The van der Waals surface area contributed by atoms with Gasteiger partial charge in [0.25, 0.3) is 0 Å². The van der Waals surface area contributed by atoms with Gasteiger partial charge in [-0.05, 0) is 33.3 Å². The molecule has 2 rings (SSSR count).